The molecule has 0 aromatic heterocycles. The van der Waals surface area contributed by atoms with Crippen LogP contribution >= 0.6 is 0 Å². The van der Waals surface area contributed by atoms with Gasteiger partial charge in [0.2, 0.25) is 10.0 Å². The zero-order valence-electron chi connectivity index (χ0n) is 14.9. The van der Waals surface area contributed by atoms with Gasteiger partial charge < -0.3 is 10.5 Å². The van der Waals surface area contributed by atoms with Crippen molar-refractivity contribution in [3.8, 4) is 5.75 Å². The van der Waals surface area contributed by atoms with E-state index in [9.17, 15) is 8.42 Å². The molecule has 0 aliphatic heterocycles. The highest BCUT2D eigenvalue weighted by atomic mass is 32.2. The molecule has 0 spiro atoms. The highest BCUT2D eigenvalue weighted by molar-refractivity contribution is 7.89. The Bertz CT molecular complexity index is 959. The van der Waals surface area contributed by atoms with Gasteiger partial charge in [-0.05, 0) is 35.4 Å². The number of hydrogen-bond donors (Lipinski definition) is 2. The van der Waals surface area contributed by atoms with Crippen LogP contribution in [0.1, 0.15) is 23.2 Å². The van der Waals surface area contributed by atoms with E-state index < -0.39 is 22.1 Å². The number of nitrogens with two attached hydrogens (primary N) is 1. The largest absolute Gasteiger partial charge is 0.497 e. The molecule has 5 nitrogen and oxygen atoms in total. The monoisotopic (exact) mass is 382 g/mol. The standard InChI is InChI=1S/C21H22N2O3S/c1-26-18-12-14-19(15-13-18)27(24,25)23-21(17-10-6-3-7-11-17)20(22)16-8-4-2-5-9-16/h2-15,20-21,23H,22H2,1H3. The van der Waals surface area contributed by atoms with Gasteiger partial charge in [-0.1, -0.05) is 60.7 Å². The van der Waals surface area contributed by atoms with Gasteiger partial charge in [0.15, 0.2) is 0 Å². The van der Waals surface area contributed by atoms with E-state index in [0.717, 1.165) is 11.1 Å². The zero-order valence-corrected chi connectivity index (χ0v) is 15.8. The van der Waals surface area contributed by atoms with E-state index in [0.29, 0.717) is 5.75 Å². The van der Waals surface area contributed by atoms with Crippen LogP contribution in [-0.4, -0.2) is 15.5 Å². The van der Waals surface area contributed by atoms with Crippen LogP contribution in [0.3, 0.4) is 0 Å². The Morgan fingerprint density at radius 1 is 0.815 bits per heavy atom. The van der Waals surface area contributed by atoms with Crippen LogP contribution in [0.25, 0.3) is 0 Å². The number of hydrogen-bond acceptors (Lipinski definition) is 4. The second-order valence-corrected chi connectivity index (χ2v) is 7.84. The topological polar surface area (TPSA) is 81.4 Å². The van der Waals surface area contributed by atoms with Gasteiger partial charge in [0.1, 0.15) is 5.75 Å². The van der Waals surface area contributed by atoms with Gasteiger partial charge in [-0.15, -0.1) is 0 Å². The molecule has 3 rings (SSSR count). The van der Waals surface area contributed by atoms with Crippen molar-refractivity contribution in [2.24, 2.45) is 5.73 Å². The average molecular weight is 382 g/mol. The van der Waals surface area contributed by atoms with Crippen molar-refractivity contribution in [2.45, 2.75) is 17.0 Å². The molecule has 2 atom stereocenters. The Labute approximate surface area is 159 Å². The molecule has 27 heavy (non-hydrogen) atoms. The number of ether oxygens (including phenoxy) is 1. The lowest BCUT2D eigenvalue weighted by molar-refractivity contribution is 0.414. The number of rotatable bonds is 7. The summed E-state index contributed by atoms with van der Waals surface area (Å²) in [6.07, 6.45) is 0. The van der Waals surface area contributed by atoms with Gasteiger partial charge in [0.25, 0.3) is 0 Å². The molecule has 0 aliphatic rings. The Morgan fingerprint density at radius 3 is 1.85 bits per heavy atom. The SMILES string of the molecule is COc1ccc(S(=O)(=O)NC(c2ccccc2)C(N)c2ccccc2)cc1. The van der Waals surface area contributed by atoms with E-state index in [2.05, 4.69) is 4.72 Å². The summed E-state index contributed by atoms with van der Waals surface area (Å²) >= 11 is 0. The summed E-state index contributed by atoms with van der Waals surface area (Å²) < 4.78 is 33.7. The fourth-order valence-electron chi connectivity index (χ4n) is 2.87. The second kappa shape index (κ2) is 8.35. The van der Waals surface area contributed by atoms with Crippen molar-refractivity contribution < 1.29 is 13.2 Å². The molecular weight excluding hydrogens is 360 g/mol. The number of methoxy groups -OCH3 is 1. The van der Waals surface area contributed by atoms with Crippen molar-refractivity contribution in [1.82, 2.24) is 4.72 Å². The van der Waals surface area contributed by atoms with Crippen LogP contribution in [0.15, 0.2) is 89.8 Å². The molecule has 0 bridgehead atoms. The lowest BCUT2D eigenvalue weighted by Gasteiger charge is -2.26. The fraction of sp³-hybridized carbons (Fsp3) is 0.143. The predicted molar refractivity (Wildman–Crippen MR) is 106 cm³/mol. The van der Waals surface area contributed by atoms with Crippen molar-refractivity contribution in [3.63, 3.8) is 0 Å². The van der Waals surface area contributed by atoms with E-state index in [1.54, 1.807) is 12.1 Å². The van der Waals surface area contributed by atoms with E-state index in [1.165, 1.54) is 19.2 Å². The smallest absolute Gasteiger partial charge is 0.241 e. The first-order valence-corrected chi connectivity index (χ1v) is 10.0. The molecule has 3 aromatic rings. The molecule has 140 valence electrons. The molecule has 0 heterocycles. The number of nitrogens with one attached hydrogen (secondary N) is 1. The quantitative estimate of drug-likeness (QED) is 0.656. The van der Waals surface area contributed by atoms with Gasteiger partial charge in [0, 0.05) is 0 Å². The Balaban J connectivity index is 1.95. The van der Waals surface area contributed by atoms with E-state index in [4.69, 9.17) is 10.5 Å². The maximum atomic E-state index is 12.9. The maximum absolute atomic E-state index is 12.9. The molecule has 0 saturated carbocycles. The van der Waals surface area contributed by atoms with Gasteiger partial charge in [-0.2, -0.15) is 0 Å². The first-order valence-electron chi connectivity index (χ1n) is 8.53. The summed E-state index contributed by atoms with van der Waals surface area (Å²) in [5.41, 5.74) is 8.10. The van der Waals surface area contributed by atoms with E-state index in [1.807, 2.05) is 60.7 Å². The molecule has 0 radical (unpaired) electrons. The second-order valence-electron chi connectivity index (χ2n) is 6.12. The van der Waals surface area contributed by atoms with Gasteiger partial charge >= 0.3 is 0 Å². The Kier molecular flexibility index (Phi) is 5.91. The Morgan fingerprint density at radius 2 is 1.33 bits per heavy atom. The van der Waals surface area contributed by atoms with Crippen molar-refractivity contribution >= 4 is 10.0 Å². The molecule has 6 heteroatoms. The Hall–Kier alpha value is -2.67. The van der Waals surface area contributed by atoms with Crippen LogP contribution in [0.5, 0.6) is 5.75 Å². The van der Waals surface area contributed by atoms with Crippen LogP contribution < -0.4 is 15.2 Å². The summed E-state index contributed by atoms with van der Waals surface area (Å²) in [5, 5.41) is 0. The van der Waals surface area contributed by atoms with Gasteiger partial charge in [0.05, 0.1) is 24.1 Å². The zero-order chi connectivity index (χ0) is 19.3. The maximum Gasteiger partial charge on any atom is 0.241 e. The summed E-state index contributed by atoms with van der Waals surface area (Å²) in [4.78, 5) is 0.157. The highest BCUT2D eigenvalue weighted by Gasteiger charge is 2.27. The third-order valence-corrected chi connectivity index (χ3v) is 5.81. The fourth-order valence-corrected chi connectivity index (χ4v) is 4.11. The van der Waals surface area contributed by atoms with Crippen molar-refractivity contribution in [3.05, 3.63) is 96.1 Å². The van der Waals surface area contributed by atoms with Crippen molar-refractivity contribution in [2.75, 3.05) is 7.11 Å². The molecular formula is C21H22N2O3S. The summed E-state index contributed by atoms with van der Waals surface area (Å²) in [5.74, 6) is 0.592. The van der Waals surface area contributed by atoms with E-state index >= 15 is 0 Å². The lowest BCUT2D eigenvalue weighted by atomic mass is 9.95. The van der Waals surface area contributed by atoms with E-state index in [-0.39, 0.29) is 4.90 Å². The van der Waals surface area contributed by atoms with Crippen LogP contribution in [0, 0.1) is 0 Å². The first-order chi connectivity index (χ1) is 13.0. The molecule has 3 N–H and O–H groups in total. The lowest BCUT2D eigenvalue weighted by Crippen LogP contribution is -2.36. The molecule has 0 fully saturated rings. The van der Waals surface area contributed by atoms with Gasteiger partial charge in [-0.25, -0.2) is 13.1 Å². The molecule has 0 amide bonds. The summed E-state index contributed by atoms with van der Waals surface area (Å²) in [6, 6.07) is 23.9. The molecule has 0 saturated heterocycles. The molecule has 2 unspecified atom stereocenters. The third-order valence-electron chi connectivity index (χ3n) is 4.35. The minimum atomic E-state index is -3.77. The summed E-state index contributed by atoms with van der Waals surface area (Å²) in [6.45, 7) is 0. The minimum Gasteiger partial charge on any atom is -0.497 e. The van der Waals surface area contributed by atoms with Gasteiger partial charge in [-0.3, -0.25) is 0 Å². The highest BCUT2D eigenvalue weighted by Crippen LogP contribution is 2.29. The predicted octanol–water partition coefficient (Wildman–Crippen LogP) is 3.41. The third kappa shape index (κ3) is 4.54. The average Bonchev–Trinajstić information content (AvgIpc) is 2.73. The first kappa shape index (κ1) is 19.1. The van der Waals surface area contributed by atoms with Crippen molar-refractivity contribution in [1.29, 1.82) is 0 Å². The van der Waals surface area contributed by atoms with Crippen LogP contribution in [-0.2, 0) is 10.0 Å². The normalized spacial score (nSPS) is 13.7. The number of sulfonamides is 1. The number of benzene rings is 3. The molecule has 0 aliphatic carbocycles. The minimum absolute atomic E-state index is 0.157. The van der Waals surface area contributed by atoms with Crippen LogP contribution in [0.4, 0.5) is 0 Å². The molecule has 3 aromatic carbocycles. The van der Waals surface area contributed by atoms with Crippen LogP contribution in [0.2, 0.25) is 0 Å². The summed E-state index contributed by atoms with van der Waals surface area (Å²) in [7, 11) is -2.24.